The molecule has 7 nitrogen and oxygen atoms in total. The summed E-state index contributed by atoms with van der Waals surface area (Å²) in [7, 11) is 1.69. The number of H-pyrrole nitrogens is 2. The van der Waals surface area contributed by atoms with Crippen molar-refractivity contribution in [2.75, 3.05) is 7.11 Å². The molecule has 2 aromatic carbocycles. The SMILES string of the molecule is COc1ccc(Cc2nnc(CCc3c[nH]c4ccccc34)n2CCCc2cnc[nH]2)cc1. The monoisotopic (exact) mass is 440 g/mol. The summed E-state index contributed by atoms with van der Waals surface area (Å²) >= 11 is 0. The van der Waals surface area contributed by atoms with Crippen molar-refractivity contribution >= 4 is 10.9 Å². The van der Waals surface area contributed by atoms with Gasteiger partial charge in [0.2, 0.25) is 0 Å². The third-order valence-electron chi connectivity index (χ3n) is 6.10. The number of benzene rings is 2. The summed E-state index contributed by atoms with van der Waals surface area (Å²) in [5, 5.41) is 10.5. The zero-order valence-electron chi connectivity index (χ0n) is 18.8. The number of imidazole rings is 1. The Labute approximate surface area is 192 Å². The summed E-state index contributed by atoms with van der Waals surface area (Å²) in [5.41, 5.74) is 4.84. The van der Waals surface area contributed by atoms with Crippen LogP contribution in [-0.4, -0.2) is 36.8 Å². The van der Waals surface area contributed by atoms with E-state index in [1.807, 2.05) is 18.3 Å². The molecule has 0 saturated carbocycles. The predicted molar refractivity (Wildman–Crippen MR) is 128 cm³/mol. The largest absolute Gasteiger partial charge is 0.497 e. The van der Waals surface area contributed by atoms with Crippen molar-refractivity contribution in [3.8, 4) is 5.75 Å². The van der Waals surface area contributed by atoms with E-state index in [1.54, 1.807) is 13.4 Å². The number of nitrogens with zero attached hydrogens (tertiary/aromatic N) is 4. The van der Waals surface area contributed by atoms with Gasteiger partial charge in [-0.3, -0.25) is 0 Å². The van der Waals surface area contributed by atoms with Crippen LogP contribution in [0.25, 0.3) is 10.9 Å². The van der Waals surface area contributed by atoms with Gasteiger partial charge in [0.15, 0.2) is 0 Å². The predicted octanol–water partition coefficient (Wildman–Crippen LogP) is 4.50. The van der Waals surface area contributed by atoms with Gasteiger partial charge in [-0.2, -0.15) is 0 Å². The number of rotatable bonds is 10. The van der Waals surface area contributed by atoms with Gasteiger partial charge in [0, 0.05) is 48.4 Å². The molecule has 2 N–H and O–H groups in total. The maximum absolute atomic E-state index is 5.29. The quantitative estimate of drug-likeness (QED) is 0.335. The van der Waals surface area contributed by atoms with Gasteiger partial charge in [0.1, 0.15) is 17.4 Å². The second kappa shape index (κ2) is 9.73. The number of para-hydroxylation sites is 1. The molecule has 168 valence electrons. The fourth-order valence-corrected chi connectivity index (χ4v) is 4.31. The molecular weight excluding hydrogens is 412 g/mol. The van der Waals surface area contributed by atoms with Gasteiger partial charge >= 0.3 is 0 Å². The maximum Gasteiger partial charge on any atom is 0.137 e. The van der Waals surface area contributed by atoms with Crippen LogP contribution in [0.5, 0.6) is 5.75 Å². The molecule has 5 rings (SSSR count). The van der Waals surface area contributed by atoms with Crippen molar-refractivity contribution in [3.63, 3.8) is 0 Å². The average Bonchev–Trinajstić information content (AvgIpc) is 3.60. The van der Waals surface area contributed by atoms with E-state index in [4.69, 9.17) is 4.74 Å². The minimum absolute atomic E-state index is 0.744. The number of aromatic nitrogens is 6. The van der Waals surface area contributed by atoms with Gasteiger partial charge in [-0.05, 0) is 48.6 Å². The van der Waals surface area contributed by atoms with Crippen LogP contribution in [0.1, 0.15) is 34.9 Å². The molecule has 7 heteroatoms. The lowest BCUT2D eigenvalue weighted by Crippen LogP contribution is -2.10. The lowest BCUT2D eigenvalue weighted by molar-refractivity contribution is 0.414. The Balaban J connectivity index is 1.34. The van der Waals surface area contributed by atoms with Crippen LogP contribution in [0.3, 0.4) is 0 Å². The summed E-state index contributed by atoms with van der Waals surface area (Å²) in [6.07, 6.45) is 10.2. The molecule has 3 heterocycles. The van der Waals surface area contributed by atoms with E-state index in [0.29, 0.717) is 0 Å². The van der Waals surface area contributed by atoms with Gasteiger partial charge < -0.3 is 19.3 Å². The summed E-state index contributed by atoms with van der Waals surface area (Å²) in [6.45, 7) is 0.876. The zero-order chi connectivity index (χ0) is 22.5. The zero-order valence-corrected chi connectivity index (χ0v) is 18.8. The van der Waals surface area contributed by atoms with Crippen LogP contribution in [0.2, 0.25) is 0 Å². The first-order valence-corrected chi connectivity index (χ1v) is 11.4. The highest BCUT2D eigenvalue weighted by atomic mass is 16.5. The van der Waals surface area contributed by atoms with Crippen molar-refractivity contribution in [1.29, 1.82) is 0 Å². The second-order valence-corrected chi connectivity index (χ2v) is 8.25. The number of methoxy groups -OCH3 is 1. The first kappa shape index (κ1) is 21.0. The third kappa shape index (κ3) is 4.82. The fourth-order valence-electron chi connectivity index (χ4n) is 4.31. The highest BCUT2D eigenvalue weighted by molar-refractivity contribution is 5.83. The van der Waals surface area contributed by atoms with E-state index in [2.05, 4.69) is 72.3 Å². The number of nitrogens with one attached hydrogen (secondary N) is 2. The second-order valence-electron chi connectivity index (χ2n) is 8.25. The smallest absolute Gasteiger partial charge is 0.137 e. The van der Waals surface area contributed by atoms with Crippen LogP contribution in [-0.2, 0) is 32.2 Å². The van der Waals surface area contributed by atoms with Crippen molar-refractivity contribution in [2.45, 2.75) is 38.6 Å². The van der Waals surface area contributed by atoms with E-state index in [9.17, 15) is 0 Å². The van der Waals surface area contributed by atoms with Crippen LogP contribution >= 0.6 is 0 Å². The summed E-state index contributed by atoms with van der Waals surface area (Å²) < 4.78 is 7.59. The van der Waals surface area contributed by atoms with Crippen LogP contribution in [0, 0.1) is 0 Å². The molecule has 0 bridgehead atoms. The topological polar surface area (TPSA) is 84.4 Å². The molecule has 0 spiro atoms. The first-order chi connectivity index (χ1) is 16.3. The van der Waals surface area contributed by atoms with Crippen LogP contribution in [0.4, 0.5) is 0 Å². The van der Waals surface area contributed by atoms with Gasteiger partial charge in [-0.15, -0.1) is 10.2 Å². The van der Waals surface area contributed by atoms with Gasteiger partial charge in [-0.1, -0.05) is 30.3 Å². The Kier molecular flexibility index (Phi) is 6.19. The molecule has 0 saturated heterocycles. The number of fused-ring (bicyclic) bond motifs is 1. The summed E-state index contributed by atoms with van der Waals surface area (Å²) in [5.74, 6) is 2.89. The van der Waals surface area contributed by atoms with E-state index in [1.165, 1.54) is 22.0 Å². The molecule has 0 amide bonds. The molecule has 0 radical (unpaired) electrons. The minimum atomic E-state index is 0.744. The molecule has 0 atom stereocenters. The molecular formula is C26H28N6O. The molecule has 0 aliphatic rings. The Morgan fingerprint density at radius 3 is 2.58 bits per heavy atom. The Hall–Kier alpha value is -3.87. The lowest BCUT2D eigenvalue weighted by atomic mass is 10.1. The lowest BCUT2D eigenvalue weighted by Gasteiger charge is -2.11. The van der Waals surface area contributed by atoms with E-state index < -0.39 is 0 Å². The van der Waals surface area contributed by atoms with Gasteiger partial charge in [-0.25, -0.2) is 4.98 Å². The number of hydrogen-bond acceptors (Lipinski definition) is 4. The van der Waals surface area contributed by atoms with Crippen molar-refractivity contribution in [2.24, 2.45) is 0 Å². The highest BCUT2D eigenvalue weighted by Gasteiger charge is 2.14. The van der Waals surface area contributed by atoms with Gasteiger partial charge in [0.25, 0.3) is 0 Å². The molecule has 5 aromatic rings. The molecule has 3 aromatic heterocycles. The Bertz CT molecular complexity index is 1300. The van der Waals surface area contributed by atoms with Crippen molar-refractivity contribution in [1.82, 2.24) is 29.7 Å². The minimum Gasteiger partial charge on any atom is -0.497 e. The summed E-state index contributed by atoms with van der Waals surface area (Å²) in [6, 6.07) is 16.6. The fraction of sp³-hybridized carbons (Fsp3) is 0.269. The summed E-state index contributed by atoms with van der Waals surface area (Å²) in [4.78, 5) is 10.7. The number of aryl methyl sites for hydroxylation is 3. The molecule has 33 heavy (non-hydrogen) atoms. The number of aromatic amines is 2. The van der Waals surface area contributed by atoms with Crippen LogP contribution in [0.15, 0.2) is 67.3 Å². The Morgan fingerprint density at radius 1 is 0.909 bits per heavy atom. The van der Waals surface area contributed by atoms with Crippen molar-refractivity contribution in [3.05, 3.63) is 95.7 Å². The standard InChI is InChI=1S/C26H28N6O/c1-33-22-11-8-19(9-12-22)15-26-31-30-25(32(26)14-4-5-21-17-27-18-29-21)13-10-20-16-28-24-7-3-2-6-23(20)24/h2-3,6-9,11-12,16-18,28H,4-5,10,13-15H2,1H3,(H,27,29). The normalized spacial score (nSPS) is 11.3. The number of ether oxygens (including phenoxy) is 1. The van der Waals surface area contributed by atoms with Gasteiger partial charge in [0.05, 0.1) is 13.4 Å². The van der Waals surface area contributed by atoms with E-state index >= 15 is 0 Å². The van der Waals surface area contributed by atoms with Crippen LogP contribution < -0.4 is 4.74 Å². The first-order valence-electron chi connectivity index (χ1n) is 11.4. The molecule has 0 aliphatic carbocycles. The maximum atomic E-state index is 5.29. The number of hydrogen-bond donors (Lipinski definition) is 2. The van der Waals surface area contributed by atoms with Crippen molar-refractivity contribution < 1.29 is 4.74 Å². The Morgan fingerprint density at radius 2 is 1.76 bits per heavy atom. The highest BCUT2D eigenvalue weighted by Crippen LogP contribution is 2.20. The third-order valence-corrected chi connectivity index (χ3v) is 6.10. The van der Waals surface area contributed by atoms with E-state index in [-0.39, 0.29) is 0 Å². The molecule has 0 unspecified atom stereocenters. The average molecular weight is 441 g/mol. The van der Waals surface area contributed by atoms with E-state index in [0.717, 1.165) is 61.7 Å². The molecule has 0 fully saturated rings. The molecule has 0 aliphatic heterocycles.